The maximum Gasteiger partial charge on any atom is 0.269 e. The molecule has 0 aromatic heterocycles. The zero-order chi connectivity index (χ0) is 17.6. The van der Waals surface area contributed by atoms with Crippen LogP contribution in [0, 0.1) is 6.92 Å². The molecule has 0 fully saturated rings. The largest absolute Gasteiger partial charge is 0.481 e. The average Bonchev–Trinajstić information content (AvgIpc) is 3.09. The van der Waals surface area contributed by atoms with E-state index in [1.807, 2.05) is 42.5 Å². The van der Waals surface area contributed by atoms with Crippen molar-refractivity contribution in [3.63, 3.8) is 0 Å². The van der Waals surface area contributed by atoms with Gasteiger partial charge >= 0.3 is 0 Å². The molecule has 1 heterocycles. The zero-order valence-electron chi connectivity index (χ0n) is 14.5. The molecule has 5 heteroatoms. The summed E-state index contributed by atoms with van der Waals surface area (Å²) in [5.74, 6) is 1.47. The molecule has 0 saturated heterocycles. The number of para-hydroxylation sites is 1. The second-order valence-corrected chi connectivity index (χ2v) is 6.88. The molecule has 0 radical (unpaired) electrons. The summed E-state index contributed by atoms with van der Waals surface area (Å²) in [7, 11) is 0. The lowest BCUT2D eigenvalue weighted by atomic mass is 10.1. The maximum atomic E-state index is 12.7. The Balaban J connectivity index is 1.60. The van der Waals surface area contributed by atoms with Crippen LogP contribution in [-0.2, 0) is 10.5 Å². The van der Waals surface area contributed by atoms with E-state index in [4.69, 9.17) is 4.74 Å². The second-order valence-electron chi connectivity index (χ2n) is 5.94. The number of carbonyl (C=O) groups excluding carboxylic acids is 1. The third-order valence-electron chi connectivity index (χ3n) is 4.09. The summed E-state index contributed by atoms with van der Waals surface area (Å²) < 4.78 is 5.76. The van der Waals surface area contributed by atoms with Crippen LogP contribution in [0.4, 0.5) is 0 Å². The number of rotatable bonds is 5. The number of hydrogen-bond donors (Lipinski definition) is 0. The van der Waals surface area contributed by atoms with Gasteiger partial charge in [0.05, 0.1) is 6.54 Å². The van der Waals surface area contributed by atoms with Crippen molar-refractivity contribution in [2.24, 2.45) is 4.99 Å². The Labute approximate surface area is 152 Å². The van der Waals surface area contributed by atoms with Gasteiger partial charge in [-0.25, -0.2) is 0 Å². The van der Waals surface area contributed by atoms with Gasteiger partial charge in [-0.1, -0.05) is 54.2 Å². The lowest BCUT2D eigenvalue weighted by Crippen LogP contribution is -2.41. The number of aliphatic imine (C=N–C) groups is 1. The van der Waals surface area contributed by atoms with Crippen molar-refractivity contribution in [2.45, 2.75) is 25.7 Å². The van der Waals surface area contributed by atoms with E-state index in [1.54, 1.807) is 23.6 Å². The number of carbonyl (C=O) groups is 1. The smallest absolute Gasteiger partial charge is 0.269 e. The van der Waals surface area contributed by atoms with Crippen LogP contribution in [-0.4, -0.2) is 35.2 Å². The third-order valence-corrected chi connectivity index (χ3v) is 5.15. The number of thioether (sulfide) groups is 1. The molecular weight excluding hydrogens is 332 g/mol. The quantitative estimate of drug-likeness (QED) is 0.818. The van der Waals surface area contributed by atoms with Crippen LogP contribution in [0.1, 0.15) is 18.1 Å². The van der Waals surface area contributed by atoms with Gasteiger partial charge < -0.3 is 4.74 Å². The highest BCUT2D eigenvalue weighted by Crippen LogP contribution is 2.22. The first-order valence-corrected chi connectivity index (χ1v) is 9.38. The van der Waals surface area contributed by atoms with Gasteiger partial charge in [-0.15, -0.1) is 0 Å². The Bertz CT molecular complexity index is 761. The maximum absolute atomic E-state index is 12.7. The summed E-state index contributed by atoms with van der Waals surface area (Å²) in [5, 5.41) is 0.789. The number of amides is 1. The predicted molar refractivity (Wildman–Crippen MR) is 103 cm³/mol. The molecule has 2 aromatic carbocycles. The molecule has 3 rings (SSSR count). The van der Waals surface area contributed by atoms with Crippen LogP contribution in [0.2, 0.25) is 0 Å². The van der Waals surface area contributed by atoms with Gasteiger partial charge in [-0.3, -0.25) is 14.7 Å². The van der Waals surface area contributed by atoms with Crippen molar-refractivity contribution in [1.29, 1.82) is 0 Å². The first-order chi connectivity index (χ1) is 12.1. The molecule has 1 aliphatic rings. The van der Waals surface area contributed by atoms with E-state index >= 15 is 0 Å². The summed E-state index contributed by atoms with van der Waals surface area (Å²) in [5.41, 5.74) is 2.52. The van der Waals surface area contributed by atoms with E-state index in [1.165, 1.54) is 11.1 Å². The Morgan fingerprint density at radius 1 is 1.20 bits per heavy atom. The second kappa shape index (κ2) is 8.21. The molecule has 1 atom stereocenters. The van der Waals surface area contributed by atoms with Gasteiger partial charge in [0.25, 0.3) is 5.91 Å². The van der Waals surface area contributed by atoms with E-state index in [9.17, 15) is 4.79 Å². The highest BCUT2D eigenvalue weighted by atomic mass is 32.2. The number of hydrogen-bond acceptors (Lipinski definition) is 4. The monoisotopic (exact) mass is 354 g/mol. The number of ether oxygens (including phenoxy) is 1. The summed E-state index contributed by atoms with van der Waals surface area (Å²) in [6.07, 6.45) is -0.537. The summed E-state index contributed by atoms with van der Waals surface area (Å²) in [6, 6.07) is 17.7. The number of nitrogens with zero attached hydrogens (tertiary/aromatic N) is 2. The molecule has 0 aliphatic carbocycles. The Morgan fingerprint density at radius 2 is 1.92 bits per heavy atom. The number of aryl methyl sites for hydroxylation is 1. The number of benzene rings is 2. The molecule has 4 nitrogen and oxygen atoms in total. The molecule has 130 valence electrons. The van der Waals surface area contributed by atoms with Gasteiger partial charge in [-0.05, 0) is 37.1 Å². The van der Waals surface area contributed by atoms with Crippen LogP contribution in [0.15, 0.2) is 59.6 Å². The first-order valence-electron chi connectivity index (χ1n) is 8.40. The van der Waals surface area contributed by atoms with Crippen molar-refractivity contribution >= 4 is 22.8 Å². The van der Waals surface area contributed by atoms with E-state index in [0.717, 1.165) is 10.9 Å². The molecular formula is C20H22N2O2S. The van der Waals surface area contributed by atoms with Crippen molar-refractivity contribution in [3.8, 4) is 5.75 Å². The Morgan fingerprint density at radius 3 is 2.68 bits per heavy atom. The van der Waals surface area contributed by atoms with Gasteiger partial charge in [0.2, 0.25) is 0 Å². The topological polar surface area (TPSA) is 41.9 Å². The average molecular weight is 354 g/mol. The molecule has 1 aliphatic heterocycles. The van der Waals surface area contributed by atoms with E-state index in [2.05, 4.69) is 24.0 Å². The minimum atomic E-state index is -0.537. The predicted octanol–water partition coefficient (Wildman–Crippen LogP) is 3.89. The molecule has 0 N–H and O–H groups in total. The van der Waals surface area contributed by atoms with Crippen LogP contribution >= 0.6 is 11.8 Å². The summed E-state index contributed by atoms with van der Waals surface area (Å²) in [6.45, 7) is 5.17. The van der Waals surface area contributed by atoms with Crippen LogP contribution in [0.5, 0.6) is 5.75 Å². The third kappa shape index (κ3) is 4.42. The van der Waals surface area contributed by atoms with Gasteiger partial charge in [0, 0.05) is 12.3 Å². The minimum absolute atomic E-state index is 0.0441. The molecule has 0 saturated carbocycles. The molecule has 0 spiro atoms. The molecule has 0 bridgehead atoms. The van der Waals surface area contributed by atoms with Crippen LogP contribution < -0.4 is 4.74 Å². The minimum Gasteiger partial charge on any atom is -0.481 e. The lowest BCUT2D eigenvalue weighted by molar-refractivity contribution is -0.133. The van der Waals surface area contributed by atoms with E-state index < -0.39 is 6.10 Å². The SMILES string of the molecule is Cc1ccccc1CSC1=NCCN1C(=O)C(C)Oc1ccccc1. The van der Waals surface area contributed by atoms with Gasteiger partial charge in [-0.2, -0.15) is 0 Å². The standard InChI is InChI=1S/C20H22N2O2S/c1-15-8-6-7-9-17(15)14-25-20-21-12-13-22(20)19(23)16(2)24-18-10-4-3-5-11-18/h3-11,16H,12-14H2,1-2H3. The molecule has 1 unspecified atom stereocenters. The molecule has 2 aromatic rings. The molecule has 1 amide bonds. The summed E-state index contributed by atoms with van der Waals surface area (Å²) >= 11 is 1.61. The highest BCUT2D eigenvalue weighted by Gasteiger charge is 2.29. The fourth-order valence-electron chi connectivity index (χ4n) is 2.64. The van der Waals surface area contributed by atoms with E-state index in [-0.39, 0.29) is 5.91 Å². The zero-order valence-corrected chi connectivity index (χ0v) is 15.3. The summed E-state index contributed by atoms with van der Waals surface area (Å²) in [4.78, 5) is 19.0. The fourth-order valence-corrected chi connectivity index (χ4v) is 3.77. The van der Waals surface area contributed by atoms with Crippen molar-refractivity contribution in [3.05, 3.63) is 65.7 Å². The normalized spacial score (nSPS) is 15.0. The lowest BCUT2D eigenvalue weighted by Gasteiger charge is -2.22. The van der Waals surface area contributed by atoms with Crippen LogP contribution in [0.3, 0.4) is 0 Å². The molecule has 25 heavy (non-hydrogen) atoms. The highest BCUT2D eigenvalue weighted by molar-refractivity contribution is 8.13. The number of amidine groups is 1. The van der Waals surface area contributed by atoms with Crippen LogP contribution in [0.25, 0.3) is 0 Å². The fraction of sp³-hybridized carbons (Fsp3) is 0.300. The van der Waals surface area contributed by atoms with Crippen molar-refractivity contribution < 1.29 is 9.53 Å². The first kappa shape index (κ1) is 17.5. The van der Waals surface area contributed by atoms with Gasteiger partial charge in [0.15, 0.2) is 11.3 Å². The van der Waals surface area contributed by atoms with Crippen molar-refractivity contribution in [2.75, 3.05) is 13.1 Å². The Hall–Kier alpha value is -2.27. The van der Waals surface area contributed by atoms with Crippen molar-refractivity contribution in [1.82, 2.24) is 4.90 Å². The van der Waals surface area contributed by atoms with Gasteiger partial charge in [0.1, 0.15) is 5.75 Å². The van der Waals surface area contributed by atoms with E-state index in [0.29, 0.717) is 18.8 Å². The Kier molecular flexibility index (Phi) is 5.76.